The molecule has 1 aromatic rings. The van der Waals surface area contributed by atoms with Crippen molar-refractivity contribution in [2.24, 2.45) is 0 Å². The largest absolute Gasteiger partial charge is 0.373 e. The molecule has 0 fully saturated rings. The third-order valence-electron chi connectivity index (χ3n) is 2.48. The maximum absolute atomic E-state index is 11.6. The molecule has 3 nitrogen and oxygen atoms in total. The first-order chi connectivity index (χ1) is 7.44. The summed E-state index contributed by atoms with van der Waals surface area (Å²) in [7, 11) is 0. The van der Waals surface area contributed by atoms with Crippen LogP contribution in [0.3, 0.4) is 0 Å². The maximum atomic E-state index is 11.6. The van der Waals surface area contributed by atoms with Crippen LogP contribution in [0.4, 0.5) is 0 Å². The second-order valence-electron chi connectivity index (χ2n) is 4.43. The Morgan fingerprint density at radius 2 is 1.81 bits per heavy atom. The zero-order valence-corrected chi connectivity index (χ0v) is 10.2. The van der Waals surface area contributed by atoms with Gasteiger partial charge in [0.1, 0.15) is 5.60 Å². The van der Waals surface area contributed by atoms with Crippen LogP contribution < -0.4 is 0 Å². The molecule has 0 unspecified atom stereocenters. The normalized spacial score (nSPS) is 11.2. The predicted molar refractivity (Wildman–Crippen MR) is 62.0 cm³/mol. The third-order valence-corrected chi connectivity index (χ3v) is 2.48. The Kier molecular flexibility index (Phi) is 4.07. The van der Waals surface area contributed by atoms with Gasteiger partial charge in [-0.1, -0.05) is 24.6 Å². The number of rotatable bonds is 4. The number of aryl methyl sites for hydroxylation is 1. The van der Waals surface area contributed by atoms with Gasteiger partial charge < -0.3 is 0 Å². The van der Waals surface area contributed by atoms with E-state index in [9.17, 15) is 4.79 Å². The molecule has 0 spiro atoms. The highest BCUT2D eigenvalue weighted by Gasteiger charge is 2.20. The Labute approximate surface area is 96.3 Å². The molecule has 0 aromatic heterocycles. The quantitative estimate of drug-likeness (QED) is 0.579. The number of hydrogen-bond donors (Lipinski definition) is 0. The van der Waals surface area contributed by atoms with Crippen molar-refractivity contribution >= 4 is 5.97 Å². The number of carbonyl (C=O) groups is 1. The van der Waals surface area contributed by atoms with Gasteiger partial charge in [-0.15, -0.1) is 0 Å². The molecule has 16 heavy (non-hydrogen) atoms. The van der Waals surface area contributed by atoms with Crippen LogP contribution in [-0.2, 0) is 9.78 Å². The second-order valence-corrected chi connectivity index (χ2v) is 4.43. The van der Waals surface area contributed by atoms with Crippen LogP contribution in [-0.4, -0.2) is 11.6 Å². The van der Waals surface area contributed by atoms with Gasteiger partial charge in [-0.05, 0) is 39.3 Å². The molecule has 1 rings (SSSR count). The lowest BCUT2D eigenvalue weighted by Crippen LogP contribution is -2.25. The van der Waals surface area contributed by atoms with Crippen molar-refractivity contribution in [1.29, 1.82) is 0 Å². The van der Waals surface area contributed by atoms with E-state index >= 15 is 0 Å². The summed E-state index contributed by atoms with van der Waals surface area (Å²) in [5, 5.41) is 0. The third kappa shape index (κ3) is 3.66. The van der Waals surface area contributed by atoms with Gasteiger partial charge in [-0.2, -0.15) is 4.89 Å². The van der Waals surface area contributed by atoms with Crippen LogP contribution in [0.1, 0.15) is 43.1 Å². The molecule has 0 N–H and O–H groups in total. The van der Waals surface area contributed by atoms with Crippen molar-refractivity contribution in [1.82, 2.24) is 0 Å². The van der Waals surface area contributed by atoms with Crippen LogP contribution in [0.2, 0.25) is 0 Å². The summed E-state index contributed by atoms with van der Waals surface area (Å²) < 4.78 is 0. The van der Waals surface area contributed by atoms with Gasteiger partial charge >= 0.3 is 5.97 Å². The Morgan fingerprint density at radius 1 is 1.25 bits per heavy atom. The van der Waals surface area contributed by atoms with Gasteiger partial charge in [-0.25, -0.2) is 4.79 Å². The minimum absolute atomic E-state index is 0.444. The molecule has 0 radical (unpaired) electrons. The standard InChI is InChI=1S/C13H18O3/c1-5-13(3,4)16-15-12(14)11-8-6-10(2)7-9-11/h6-9H,5H2,1-4H3. The van der Waals surface area contributed by atoms with Crippen LogP contribution in [0.25, 0.3) is 0 Å². The van der Waals surface area contributed by atoms with Crippen LogP contribution in [0.5, 0.6) is 0 Å². The minimum atomic E-state index is -0.457. The molecule has 0 aliphatic heterocycles. The minimum Gasteiger partial charge on any atom is -0.292 e. The molecule has 0 atom stereocenters. The summed E-state index contributed by atoms with van der Waals surface area (Å²) in [6.07, 6.45) is 0.772. The lowest BCUT2D eigenvalue weighted by Gasteiger charge is -2.20. The van der Waals surface area contributed by atoms with E-state index in [1.165, 1.54) is 0 Å². The van der Waals surface area contributed by atoms with Crippen molar-refractivity contribution < 1.29 is 14.6 Å². The lowest BCUT2D eigenvalue weighted by molar-refractivity contribution is -0.307. The zero-order chi connectivity index (χ0) is 12.2. The first-order valence-electron chi connectivity index (χ1n) is 5.41. The van der Waals surface area contributed by atoms with E-state index in [4.69, 9.17) is 9.78 Å². The molecule has 1 aromatic carbocycles. The summed E-state index contributed by atoms with van der Waals surface area (Å²) in [5.41, 5.74) is 1.16. The van der Waals surface area contributed by atoms with E-state index in [2.05, 4.69) is 0 Å². The summed E-state index contributed by atoms with van der Waals surface area (Å²) in [5.74, 6) is -0.457. The Hall–Kier alpha value is -1.35. The van der Waals surface area contributed by atoms with Gasteiger partial charge in [0.05, 0.1) is 5.56 Å². The molecule has 0 amide bonds. The average Bonchev–Trinajstić information content (AvgIpc) is 2.27. The molecular formula is C13H18O3. The van der Waals surface area contributed by atoms with Crippen molar-refractivity contribution in [3.63, 3.8) is 0 Å². The number of hydrogen-bond acceptors (Lipinski definition) is 3. The smallest absolute Gasteiger partial charge is 0.292 e. The zero-order valence-electron chi connectivity index (χ0n) is 10.2. The highest BCUT2D eigenvalue weighted by molar-refractivity contribution is 5.88. The lowest BCUT2D eigenvalue weighted by atomic mass is 10.1. The Bertz CT molecular complexity index is 352. The van der Waals surface area contributed by atoms with Gasteiger partial charge in [-0.3, -0.25) is 4.89 Å². The van der Waals surface area contributed by atoms with Gasteiger partial charge in [0.15, 0.2) is 0 Å². The Balaban J connectivity index is 2.56. The van der Waals surface area contributed by atoms with Crippen LogP contribution >= 0.6 is 0 Å². The maximum Gasteiger partial charge on any atom is 0.373 e. The van der Waals surface area contributed by atoms with E-state index in [1.54, 1.807) is 12.1 Å². The molecular weight excluding hydrogens is 204 g/mol. The fourth-order valence-corrected chi connectivity index (χ4v) is 0.947. The number of benzene rings is 1. The van der Waals surface area contributed by atoms with Crippen molar-refractivity contribution in [2.75, 3.05) is 0 Å². The van der Waals surface area contributed by atoms with E-state index < -0.39 is 11.6 Å². The summed E-state index contributed by atoms with van der Waals surface area (Å²) >= 11 is 0. The first kappa shape index (κ1) is 12.7. The fourth-order valence-electron chi connectivity index (χ4n) is 0.947. The summed E-state index contributed by atoms with van der Waals surface area (Å²) in [6, 6.07) is 7.17. The van der Waals surface area contributed by atoms with Gasteiger partial charge in [0.25, 0.3) is 0 Å². The molecule has 88 valence electrons. The van der Waals surface area contributed by atoms with Crippen molar-refractivity contribution in [2.45, 2.75) is 39.7 Å². The van der Waals surface area contributed by atoms with E-state index in [0.29, 0.717) is 5.56 Å². The van der Waals surface area contributed by atoms with Crippen molar-refractivity contribution in [3.05, 3.63) is 35.4 Å². The Morgan fingerprint density at radius 3 is 2.31 bits per heavy atom. The van der Waals surface area contributed by atoms with Gasteiger partial charge in [0, 0.05) is 0 Å². The summed E-state index contributed by atoms with van der Waals surface area (Å²) in [6.45, 7) is 7.68. The first-order valence-corrected chi connectivity index (χ1v) is 5.41. The molecule has 0 saturated carbocycles. The van der Waals surface area contributed by atoms with E-state index in [0.717, 1.165) is 12.0 Å². The summed E-state index contributed by atoms with van der Waals surface area (Å²) in [4.78, 5) is 21.4. The topological polar surface area (TPSA) is 35.5 Å². The second kappa shape index (κ2) is 5.12. The highest BCUT2D eigenvalue weighted by atomic mass is 17.2. The monoisotopic (exact) mass is 222 g/mol. The molecule has 0 aliphatic rings. The highest BCUT2D eigenvalue weighted by Crippen LogP contribution is 2.15. The SMILES string of the molecule is CCC(C)(C)OOC(=O)c1ccc(C)cc1. The van der Waals surface area contributed by atoms with Crippen molar-refractivity contribution in [3.8, 4) is 0 Å². The molecule has 3 heteroatoms. The molecule has 0 saturated heterocycles. The average molecular weight is 222 g/mol. The van der Waals surface area contributed by atoms with E-state index in [-0.39, 0.29) is 0 Å². The molecule has 0 aliphatic carbocycles. The molecule has 0 bridgehead atoms. The fraction of sp³-hybridized carbons (Fsp3) is 0.462. The van der Waals surface area contributed by atoms with Crippen LogP contribution in [0.15, 0.2) is 24.3 Å². The molecule has 0 heterocycles. The predicted octanol–water partition coefficient (Wildman–Crippen LogP) is 3.27. The number of carbonyl (C=O) groups excluding carboxylic acids is 1. The van der Waals surface area contributed by atoms with Gasteiger partial charge in [0.2, 0.25) is 0 Å². The van der Waals surface area contributed by atoms with Crippen LogP contribution in [0, 0.1) is 6.92 Å². The van der Waals surface area contributed by atoms with E-state index in [1.807, 2.05) is 39.8 Å².